The van der Waals surface area contributed by atoms with Gasteiger partial charge in [-0.05, 0) is 34.4 Å². The number of rotatable bonds is 1. The number of furan rings is 1. The van der Waals surface area contributed by atoms with Gasteiger partial charge >= 0.3 is 7.12 Å². The zero-order chi connectivity index (χ0) is 14.6. The Bertz CT molecular complexity index is 991. The molecule has 0 fully saturated rings. The third kappa shape index (κ3) is 1.84. The molecular formula is C16H10BClO3. The van der Waals surface area contributed by atoms with Crippen LogP contribution in [0.3, 0.4) is 0 Å². The van der Waals surface area contributed by atoms with Crippen molar-refractivity contribution >= 4 is 56.9 Å². The van der Waals surface area contributed by atoms with Gasteiger partial charge in [-0.3, -0.25) is 0 Å². The molecule has 3 aromatic carbocycles. The van der Waals surface area contributed by atoms with Crippen molar-refractivity contribution < 1.29 is 14.5 Å². The monoisotopic (exact) mass is 296 g/mol. The first-order valence-corrected chi connectivity index (χ1v) is 6.92. The summed E-state index contributed by atoms with van der Waals surface area (Å²) in [6, 6.07) is 14.8. The highest BCUT2D eigenvalue weighted by Gasteiger charge is 2.19. The zero-order valence-electron chi connectivity index (χ0n) is 10.9. The summed E-state index contributed by atoms with van der Waals surface area (Å²) < 4.78 is 5.83. The molecule has 0 atom stereocenters. The maximum absolute atomic E-state index is 9.59. The van der Waals surface area contributed by atoms with Crippen LogP contribution >= 0.6 is 11.6 Å². The molecular weight excluding hydrogens is 286 g/mol. The average Bonchev–Trinajstić information content (AvgIpc) is 2.83. The van der Waals surface area contributed by atoms with Gasteiger partial charge in [-0.25, -0.2) is 0 Å². The molecule has 0 saturated heterocycles. The third-order valence-electron chi connectivity index (χ3n) is 3.75. The van der Waals surface area contributed by atoms with Crippen LogP contribution < -0.4 is 5.46 Å². The van der Waals surface area contributed by atoms with E-state index in [1.54, 1.807) is 12.1 Å². The second-order valence-electron chi connectivity index (χ2n) is 5.00. The molecule has 0 aliphatic carbocycles. The predicted octanol–water partition coefficient (Wildman–Crippen LogP) is 3.07. The Kier molecular flexibility index (Phi) is 2.72. The summed E-state index contributed by atoms with van der Waals surface area (Å²) >= 11 is 6.01. The number of hydrogen-bond donors (Lipinski definition) is 2. The minimum atomic E-state index is -1.55. The molecule has 3 nitrogen and oxygen atoms in total. The van der Waals surface area contributed by atoms with E-state index in [0.29, 0.717) is 21.7 Å². The lowest BCUT2D eigenvalue weighted by Gasteiger charge is -2.06. The van der Waals surface area contributed by atoms with E-state index < -0.39 is 7.12 Å². The Balaban J connectivity index is 2.28. The lowest BCUT2D eigenvalue weighted by molar-refractivity contribution is 0.426. The standard InChI is InChI=1S/C16H10BClO3/c18-9-5-6-12-14(7-9)21-15-8-13(17(19)20)10-3-1-2-4-11(10)16(12)15/h1-8,19-20H. The van der Waals surface area contributed by atoms with Gasteiger partial charge in [-0.15, -0.1) is 0 Å². The highest BCUT2D eigenvalue weighted by atomic mass is 35.5. The highest BCUT2D eigenvalue weighted by molar-refractivity contribution is 6.62. The molecule has 0 saturated carbocycles. The van der Waals surface area contributed by atoms with Crippen LogP contribution in [0, 0.1) is 0 Å². The van der Waals surface area contributed by atoms with Gasteiger partial charge in [0, 0.05) is 21.9 Å². The van der Waals surface area contributed by atoms with Crippen LogP contribution in [0.25, 0.3) is 32.7 Å². The molecule has 5 heteroatoms. The Morgan fingerprint density at radius 1 is 0.857 bits per heavy atom. The SMILES string of the molecule is OB(O)c1cc2oc3cc(Cl)ccc3c2c2ccccc12. The largest absolute Gasteiger partial charge is 0.489 e. The van der Waals surface area contributed by atoms with Gasteiger partial charge in [0.1, 0.15) is 11.2 Å². The van der Waals surface area contributed by atoms with Crippen LogP contribution in [0.2, 0.25) is 5.02 Å². The number of fused-ring (bicyclic) bond motifs is 5. The topological polar surface area (TPSA) is 53.6 Å². The predicted molar refractivity (Wildman–Crippen MR) is 86.1 cm³/mol. The molecule has 0 bridgehead atoms. The Labute approximate surface area is 125 Å². The fourth-order valence-corrected chi connectivity index (χ4v) is 3.02. The van der Waals surface area contributed by atoms with Crippen LogP contribution in [-0.4, -0.2) is 17.2 Å². The van der Waals surface area contributed by atoms with Crippen LogP contribution in [0.15, 0.2) is 52.9 Å². The van der Waals surface area contributed by atoms with E-state index in [2.05, 4.69) is 0 Å². The number of hydrogen-bond acceptors (Lipinski definition) is 3. The minimum absolute atomic E-state index is 0.434. The molecule has 2 N–H and O–H groups in total. The molecule has 0 aliphatic rings. The van der Waals surface area contributed by atoms with E-state index in [9.17, 15) is 10.0 Å². The van der Waals surface area contributed by atoms with Gasteiger partial charge < -0.3 is 14.5 Å². The Morgan fingerprint density at radius 2 is 1.62 bits per heavy atom. The smallest absolute Gasteiger partial charge is 0.456 e. The van der Waals surface area contributed by atoms with E-state index in [-0.39, 0.29) is 0 Å². The maximum Gasteiger partial charge on any atom is 0.489 e. The summed E-state index contributed by atoms with van der Waals surface area (Å²) in [6.45, 7) is 0. The molecule has 0 unspecified atom stereocenters. The third-order valence-corrected chi connectivity index (χ3v) is 3.99. The van der Waals surface area contributed by atoms with Crippen molar-refractivity contribution in [1.82, 2.24) is 0 Å². The number of benzene rings is 3. The van der Waals surface area contributed by atoms with Gasteiger partial charge in [0.25, 0.3) is 0 Å². The van der Waals surface area contributed by atoms with E-state index in [1.165, 1.54) is 0 Å². The van der Waals surface area contributed by atoms with Gasteiger partial charge in [-0.2, -0.15) is 0 Å². The average molecular weight is 297 g/mol. The molecule has 0 radical (unpaired) electrons. The molecule has 102 valence electrons. The maximum atomic E-state index is 9.59. The molecule has 0 aliphatic heterocycles. The van der Waals surface area contributed by atoms with Gasteiger partial charge in [-0.1, -0.05) is 35.9 Å². The molecule has 21 heavy (non-hydrogen) atoms. The lowest BCUT2D eigenvalue weighted by Crippen LogP contribution is -2.30. The van der Waals surface area contributed by atoms with Crippen LogP contribution in [0.5, 0.6) is 0 Å². The summed E-state index contributed by atoms with van der Waals surface area (Å²) in [5.74, 6) is 0. The minimum Gasteiger partial charge on any atom is -0.456 e. The molecule has 1 aromatic heterocycles. The van der Waals surface area contributed by atoms with Crippen molar-refractivity contribution in [1.29, 1.82) is 0 Å². The van der Waals surface area contributed by atoms with Crippen molar-refractivity contribution in [3.05, 3.63) is 53.6 Å². The highest BCUT2D eigenvalue weighted by Crippen LogP contribution is 2.34. The van der Waals surface area contributed by atoms with E-state index >= 15 is 0 Å². The van der Waals surface area contributed by atoms with Crippen LogP contribution in [0.1, 0.15) is 0 Å². The van der Waals surface area contributed by atoms with Crippen molar-refractivity contribution in [3.63, 3.8) is 0 Å². The Morgan fingerprint density at radius 3 is 2.38 bits per heavy atom. The number of halogens is 1. The lowest BCUT2D eigenvalue weighted by atomic mass is 9.76. The van der Waals surface area contributed by atoms with Crippen LogP contribution in [0.4, 0.5) is 0 Å². The second kappa shape index (κ2) is 4.50. The van der Waals surface area contributed by atoms with E-state index in [4.69, 9.17) is 16.0 Å². The summed E-state index contributed by atoms with van der Waals surface area (Å²) in [7, 11) is -1.55. The van der Waals surface area contributed by atoms with E-state index in [1.807, 2.05) is 36.4 Å². The summed E-state index contributed by atoms with van der Waals surface area (Å²) in [5, 5.41) is 23.4. The first-order valence-electron chi connectivity index (χ1n) is 6.55. The first-order chi connectivity index (χ1) is 10.1. The normalized spacial score (nSPS) is 11.6. The fourth-order valence-electron chi connectivity index (χ4n) is 2.85. The summed E-state index contributed by atoms with van der Waals surface area (Å²) in [4.78, 5) is 0. The van der Waals surface area contributed by atoms with Crippen molar-refractivity contribution in [3.8, 4) is 0 Å². The van der Waals surface area contributed by atoms with Gasteiger partial charge in [0.2, 0.25) is 0 Å². The van der Waals surface area contributed by atoms with Crippen molar-refractivity contribution in [2.75, 3.05) is 0 Å². The quantitative estimate of drug-likeness (QED) is 0.531. The molecule has 0 amide bonds. The van der Waals surface area contributed by atoms with Gasteiger partial charge in [0.05, 0.1) is 0 Å². The molecule has 4 rings (SSSR count). The summed E-state index contributed by atoms with van der Waals surface area (Å²) in [5.41, 5.74) is 1.74. The molecule has 0 spiro atoms. The van der Waals surface area contributed by atoms with Crippen molar-refractivity contribution in [2.24, 2.45) is 0 Å². The Hall–Kier alpha value is -2.01. The zero-order valence-corrected chi connectivity index (χ0v) is 11.6. The first kappa shape index (κ1) is 12.7. The van der Waals surface area contributed by atoms with Crippen molar-refractivity contribution in [2.45, 2.75) is 0 Å². The van der Waals surface area contributed by atoms with E-state index in [0.717, 1.165) is 21.5 Å². The summed E-state index contributed by atoms with van der Waals surface area (Å²) in [6.07, 6.45) is 0. The molecule has 4 aromatic rings. The second-order valence-corrected chi connectivity index (χ2v) is 5.44. The van der Waals surface area contributed by atoms with Crippen LogP contribution in [-0.2, 0) is 0 Å². The molecule has 1 heterocycles. The fraction of sp³-hybridized carbons (Fsp3) is 0. The van der Waals surface area contributed by atoms with Gasteiger partial charge in [0.15, 0.2) is 0 Å².